The van der Waals surface area contributed by atoms with E-state index in [1.54, 1.807) is 12.1 Å². The molecule has 0 spiro atoms. The van der Waals surface area contributed by atoms with Crippen LogP contribution in [0, 0.1) is 17.1 Å². The maximum atomic E-state index is 14.9. The molecule has 2 aliphatic rings. The predicted molar refractivity (Wildman–Crippen MR) is 111 cm³/mol. The van der Waals surface area contributed by atoms with Crippen LogP contribution in [0.2, 0.25) is 0 Å². The zero-order chi connectivity index (χ0) is 21.5. The van der Waals surface area contributed by atoms with Crippen LogP contribution in [0.5, 0.6) is 0 Å². The lowest BCUT2D eigenvalue weighted by Gasteiger charge is -2.40. The molecular formula is C23H25FN2O3S. The van der Waals surface area contributed by atoms with Gasteiger partial charge in [0.2, 0.25) is 10.0 Å². The fourth-order valence-corrected chi connectivity index (χ4v) is 6.82. The number of hydrogen-bond donors (Lipinski definition) is 1. The number of rotatable bonds is 4. The zero-order valence-corrected chi connectivity index (χ0v) is 17.6. The van der Waals surface area contributed by atoms with E-state index in [2.05, 4.69) is 6.07 Å². The number of halogens is 1. The minimum atomic E-state index is -3.64. The summed E-state index contributed by atoms with van der Waals surface area (Å²) in [6.07, 6.45) is 1.28. The molecule has 1 saturated carbocycles. The summed E-state index contributed by atoms with van der Waals surface area (Å²) in [5, 5.41) is 18.5. The molecule has 30 heavy (non-hydrogen) atoms. The number of benzene rings is 2. The van der Waals surface area contributed by atoms with Gasteiger partial charge in [-0.15, -0.1) is 0 Å². The number of aliphatic hydroxyl groups is 1. The van der Waals surface area contributed by atoms with Crippen LogP contribution < -0.4 is 0 Å². The van der Waals surface area contributed by atoms with Crippen molar-refractivity contribution in [1.82, 2.24) is 4.31 Å². The van der Waals surface area contributed by atoms with Crippen LogP contribution in [-0.4, -0.2) is 30.0 Å². The Labute approximate surface area is 176 Å². The van der Waals surface area contributed by atoms with Crippen LogP contribution in [0.15, 0.2) is 48.5 Å². The first-order valence-corrected chi connectivity index (χ1v) is 11.7. The lowest BCUT2D eigenvalue weighted by molar-refractivity contribution is 0.0446. The molecule has 2 aromatic carbocycles. The number of sulfonamides is 1. The minimum absolute atomic E-state index is 0.0406. The monoisotopic (exact) mass is 428 g/mol. The number of aliphatic hydroxyl groups excluding tert-OH is 1. The molecule has 0 radical (unpaired) electrons. The molecule has 2 fully saturated rings. The molecule has 1 N–H and O–H groups in total. The summed E-state index contributed by atoms with van der Waals surface area (Å²) >= 11 is 0. The maximum absolute atomic E-state index is 14.9. The third kappa shape index (κ3) is 3.53. The summed E-state index contributed by atoms with van der Waals surface area (Å²) in [6.45, 7) is 1.81. The minimum Gasteiger partial charge on any atom is -0.393 e. The summed E-state index contributed by atoms with van der Waals surface area (Å²) in [4.78, 5) is 0. The van der Waals surface area contributed by atoms with Gasteiger partial charge in [-0.25, -0.2) is 12.8 Å². The summed E-state index contributed by atoms with van der Waals surface area (Å²) in [7, 11) is -3.64. The van der Waals surface area contributed by atoms with Crippen LogP contribution in [-0.2, 0) is 22.0 Å². The van der Waals surface area contributed by atoms with Gasteiger partial charge >= 0.3 is 0 Å². The van der Waals surface area contributed by atoms with Crippen molar-refractivity contribution in [2.75, 3.05) is 0 Å². The highest BCUT2D eigenvalue weighted by molar-refractivity contribution is 7.89. The van der Waals surface area contributed by atoms with E-state index >= 15 is 0 Å². The van der Waals surface area contributed by atoms with Gasteiger partial charge in [0.25, 0.3) is 0 Å². The Morgan fingerprint density at radius 1 is 1.20 bits per heavy atom. The van der Waals surface area contributed by atoms with Crippen LogP contribution in [0.4, 0.5) is 4.39 Å². The first-order chi connectivity index (χ1) is 14.3. The summed E-state index contributed by atoms with van der Waals surface area (Å²) in [5.74, 6) is -0.521. The molecule has 7 heteroatoms. The van der Waals surface area contributed by atoms with Crippen LogP contribution in [0.25, 0.3) is 0 Å². The van der Waals surface area contributed by atoms with Gasteiger partial charge in [-0.2, -0.15) is 9.57 Å². The van der Waals surface area contributed by atoms with Gasteiger partial charge in [0.15, 0.2) is 0 Å². The van der Waals surface area contributed by atoms with Crippen molar-refractivity contribution < 1.29 is 17.9 Å². The van der Waals surface area contributed by atoms with Crippen molar-refractivity contribution >= 4 is 10.0 Å². The fraction of sp³-hybridized carbons (Fsp3) is 0.435. The molecule has 1 heterocycles. The van der Waals surface area contributed by atoms with Gasteiger partial charge in [-0.3, -0.25) is 0 Å². The topological polar surface area (TPSA) is 81.4 Å². The molecule has 1 aliphatic heterocycles. The molecule has 0 unspecified atom stereocenters. The third-order valence-electron chi connectivity index (χ3n) is 6.51. The molecule has 1 saturated heterocycles. The lowest BCUT2D eigenvalue weighted by Crippen LogP contribution is -2.45. The van der Waals surface area contributed by atoms with Gasteiger partial charge in [-0.1, -0.05) is 42.5 Å². The second kappa shape index (κ2) is 7.77. The normalized spacial score (nSPS) is 30.9. The molecule has 5 nitrogen and oxygen atoms in total. The lowest BCUT2D eigenvalue weighted by atomic mass is 9.64. The molecule has 2 atom stereocenters. The Morgan fingerprint density at radius 3 is 2.50 bits per heavy atom. The predicted octanol–water partition coefficient (Wildman–Crippen LogP) is 3.80. The quantitative estimate of drug-likeness (QED) is 0.803. The average Bonchev–Trinajstić information content (AvgIpc) is 2.70. The van der Waals surface area contributed by atoms with E-state index in [4.69, 9.17) is 0 Å². The smallest absolute Gasteiger partial charge is 0.221 e. The molecule has 2 aromatic rings. The van der Waals surface area contributed by atoms with Gasteiger partial charge < -0.3 is 5.11 Å². The van der Waals surface area contributed by atoms with Crippen molar-refractivity contribution in [3.63, 3.8) is 0 Å². The maximum Gasteiger partial charge on any atom is 0.221 e. The van der Waals surface area contributed by atoms with Crippen LogP contribution >= 0.6 is 0 Å². The Kier molecular flexibility index (Phi) is 5.43. The van der Waals surface area contributed by atoms with E-state index in [1.165, 1.54) is 10.4 Å². The Balaban J connectivity index is 1.61. The third-order valence-corrected chi connectivity index (χ3v) is 8.88. The summed E-state index contributed by atoms with van der Waals surface area (Å²) < 4.78 is 43.0. The van der Waals surface area contributed by atoms with Crippen molar-refractivity contribution in [3.8, 4) is 6.07 Å². The number of hydrogen-bond acceptors (Lipinski definition) is 4. The molecular weight excluding hydrogens is 403 g/mol. The van der Waals surface area contributed by atoms with Gasteiger partial charge in [0.1, 0.15) is 11.1 Å². The van der Waals surface area contributed by atoms with Crippen LogP contribution in [0.1, 0.15) is 54.5 Å². The van der Waals surface area contributed by atoms with Crippen molar-refractivity contribution in [2.24, 2.45) is 0 Å². The van der Waals surface area contributed by atoms with Gasteiger partial charge in [0.05, 0.1) is 17.6 Å². The standard InChI is InChI=1S/C23H25FN2O3S/c1-16-7-10-22(17-5-3-2-4-6-17)30(28,29)26(16)14-18-8-9-19(11-21(18)24)23(15-25)12-20(27)13-23/h2-6,8-9,11,16,20,22,27H,7,10,12-14H2,1H3/t16-,20-,22+,23+/m0/s1. The van der Waals surface area contributed by atoms with Crippen LogP contribution in [0.3, 0.4) is 0 Å². The Hall–Kier alpha value is -2.27. The summed E-state index contributed by atoms with van der Waals surface area (Å²) in [6, 6.07) is 15.7. The number of nitrogens with zero attached hydrogens (tertiary/aromatic N) is 2. The molecule has 0 aromatic heterocycles. The van der Waals surface area contributed by atoms with Gasteiger partial charge in [-0.05, 0) is 49.8 Å². The van der Waals surface area contributed by atoms with E-state index in [1.807, 2.05) is 37.3 Å². The SMILES string of the molecule is C[C@H]1CC[C@H](c2ccccc2)S(=O)(=O)N1Cc1ccc([C@]2(C#N)C[C@H](O)C2)cc1F. The first-order valence-electron chi connectivity index (χ1n) is 10.2. The van der Waals surface area contributed by atoms with E-state index in [-0.39, 0.29) is 18.2 Å². The molecule has 158 valence electrons. The fourth-order valence-electron chi connectivity index (χ4n) is 4.63. The largest absolute Gasteiger partial charge is 0.393 e. The van der Waals surface area contributed by atoms with E-state index in [0.29, 0.717) is 31.2 Å². The Bertz CT molecular complexity index is 1080. The summed E-state index contributed by atoms with van der Waals surface area (Å²) in [5.41, 5.74) is 0.718. The second-order valence-corrected chi connectivity index (χ2v) is 10.5. The molecule has 4 rings (SSSR count). The van der Waals surface area contributed by atoms with Crippen molar-refractivity contribution in [3.05, 3.63) is 71.0 Å². The second-order valence-electron chi connectivity index (χ2n) is 8.48. The van der Waals surface area contributed by atoms with E-state index in [9.17, 15) is 23.2 Å². The van der Waals surface area contributed by atoms with Crippen molar-refractivity contribution in [2.45, 2.75) is 62.0 Å². The molecule has 0 bridgehead atoms. The highest BCUT2D eigenvalue weighted by atomic mass is 32.2. The first kappa shape index (κ1) is 21.0. The zero-order valence-electron chi connectivity index (χ0n) is 16.8. The van der Waals surface area contributed by atoms with Crippen molar-refractivity contribution in [1.29, 1.82) is 5.26 Å². The number of nitriles is 1. The Morgan fingerprint density at radius 2 is 1.90 bits per heavy atom. The molecule has 1 aliphatic carbocycles. The molecule has 0 amide bonds. The van der Waals surface area contributed by atoms with E-state index in [0.717, 1.165) is 5.56 Å². The highest BCUT2D eigenvalue weighted by Gasteiger charge is 2.46. The van der Waals surface area contributed by atoms with E-state index < -0.39 is 32.6 Å². The highest BCUT2D eigenvalue weighted by Crippen LogP contribution is 2.44. The van der Waals surface area contributed by atoms with Gasteiger partial charge in [0, 0.05) is 18.2 Å². The average molecular weight is 429 g/mol.